The number of hydrogen-bond donors (Lipinski definition) is 2. The zero-order chi connectivity index (χ0) is 14.0. The highest BCUT2D eigenvalue weighted by Crippen LogP contribution is 2.30. The van der Waals surface area contributed by atoms with Gasteiger partial charge in [-0.05, 0) is 12.1 Å². The van der Waals surface area contributed by atoms with Gasteiger partial charge in [-0.2, -0.15) is 4.98 Å². The maximum Gasteiger partial charge on any atom is 0.282 e. The lowest BCUT2D eigenvalue weighted by Crippen LogP contribution is -2.57. The summed E-state index contributed by atoms with van der Waals surface area (Å²) in [6.07, 6.45) is 1.71. The molecule has 8 heteroatoms. The van der Waals surface area contributed by atoms with Crippen molar-refractivity contribution in [3.8, 4) is 0 Å². The second-order valence-corrected chi connectivity index (χ2v) is 3.95. The molecule has 0 atom stereocenters. The second-order valence-electron chi connectivity index (χ2n) is 3.95. The molecule has 1 aliphatic rings. The highest BCUT2D eigenvalue weighted by Gasteiger charge is 2.45. The third kappa shape index (κ3) is 2.43. The van der Waals surface area contributed by atoms with E-state index in [4.69, 9.17) is 5.84 Å². The van der Waals surface area contributed by atoms with E-state index in [9.17, 15) is 8.78 Å². The fourth-order valence-electron chi connectivity index (χ4n) is 1.82. The lowest BCUT2D eigenvalue weighted by Gasteiger charge is -2.38. The molecule has 0 aromatic carbocycles. The molecule has 2 aromatic rings. The maximum atomic E-state index is 12.8. The number of nitrogens with zero attached hydrogens (tertiary/aromatic N) is 4. The summed E-state index contributed by atoms with van der Waals surface area (Å²) in [6, 6.07) is 3.56. The second kappa shape index (κ2) is 4.96. The van der Waals surface area contributed by atoms with Gasteiger partial charge in [0.1, 0.15) is 5.52 Å². The standard InChI is InChI=1S/C9H10F2N6.C2H6/c10-9(11)4-16(5-9)8-13-7(14-12)6-2-1-3-17(6)15-8;1-2/h1-3H,4-5,12H2,(H,13,14,15);1-2H3. The van der Waals surface area contributed by atoms with Crippen molar-refractivity contribution < 1.29 is 8.78 Å². The van der Waals surface area contributed by atoms with Gasteiger partial charge in [-0.3, -0.25) is 0 Å². The Morgan fingerprint density at radius 2 is 2.05 bits per heavy atom. The minimum atomic E-state index is -2.65. The molecule has 1 saturated heterocycles. The van der Waals surface area contributed by atoms with Crippen LogP contribution in [0.4, 0.5) is 20.5 Å². The molecule has 19 heavy (non-hydrogen) atoms. The molecule has 0 aliphatic carbocycles. The maximum absolute atomic E-state index is 12.8. The SMILES string of the molecule is CC.NNc1nc(N2CC(F)(F)C2)nn2cccc12. The fourth-order valence-corrected chi connectivity index (χ4v) is 1.82. The molecule has 0 amide bonds. The van der Waals surface area contributed by atoms with Crippen molar-refractivity contribution in [1.82, 2.24) is 14.6 Å². The van der Waals surface area contributed by atoms with E-state index in [1.165, 1.54) is 4.90 Å². The van der Waals surface area contributed by atoms with E-state index in [0.29, 0.717) is 11.3 Å². The third-order valence-electron chi connectivity index (χ3n) is 2.64. The molecule has 3 rings (SSSR count). The van der Waals surface area contributed by atoms with Crippen LogP contribution in [0.1, 0.15) is 13.8 Å². The molecule has 3 N–H and O–H groups in total. The Labute approximate surface area is 109 Å². The fraction of sp³-hybridized carbons (Fsp3) is 0.455. The first-order chi connectivity index (χ1) is 9.09. The highest BCUT2D eigenvalue weighted by atomic mass is 19.3. The smallest absolute Gasteiger partial charge is 0.282 e. The molecule has 0 bridgehead atoms. The Kier molecular flexibility index (Phi) is 3.52. The van der Waals surface area contributed by atoms with Crippen molar-refractivity contribution >= 4 is 17.3 Å². The van der Waals surface area contributed by atoms with Crippen LogP contribution in [0.2, 0.25) is 0 Å². The molecular weight excluding hydrogens is 254 g/mol. The van der Waals surface area contributed by atoms with Crippen LogP contribution in [0.15, 0.2) is 18.3 Å². The van der Waals surface area contributed by atoms with Crippen LogP contribution in [-0.2, 0) is 0 Å². The van der Waals surface area contributed by atoms with E-state index in [-0.39, 0.29) is 19.0 Å². The third-order valence-corrected chi connectivity index (χ3v) is 2.64. The first-order valence-corrected chi connectivity index (χ1v) is 6.04. The quantitative estimate of drug-likeness (QED) is 0.639. The van der Waals surface area contributed by atoms with Gasteiger partial charge in [0.05, 0.1) is 13.1 Å². The van der Waals surface area contributed by atoms with Gasteiger partial charge >= 0.3 is 0 Å². The Balaban J connectivity index is 0.000000637. The van der Waals surface area contributed by atoms with E-state index in [1.807, 2.05) is 13.8 Å². The number of nitrogens with one attached hydrogen (secondary N) is 1. The summed E-state index contributed by atoms with van der Waals surface area (Å²) in [6.45, 7) is 3.29. The Bertz CT molecular complexity index is 559. The number of halogens is 2. The summed E-state index contributed by atoms with van der Waals surface area (Å²) in [7, 11) is 0. The van der Waals surface area contributed by atoms with Crippen molar-refractivity contribution in [1.29, 1.82) is 0 Å². The molecule has 0 radical (unpaired) electrons. The highest BCUT2D eigenvalue weighted by molar-refractivity contribution is 5.68. The molecule has 1 aliphatic heterocycles. The van der Waals surface area contributed by atoms with Crippen molar-refractivity contribution in [3.63, 3.8) is 0 Å². The van der Waals surface area contributed by atoms with Gasteiger partial charge in [-0.25, -0.2) is 19.1 Å². The van der Waals surface area contributed by atoms with Crippen LogP contribution in [-0.4, -0.2) is 33.6 Å². The lowest BCUT2D eigenvalue weighted by atomic mass is 10.2. The number of nitrogens with two attached hydrogens (primary N) is 1. The van der Waals surface area contributed by atoms with Gasteiger partial charge in [-0.1, -0.05) is 13.8 Å². The number of anilines is 2. The zero-order valence-electron chi connectivity index (χ0n) is 10.8. The molecule has 3 heterocycles. The number of hydrazine groups is 1. The van der Waals surface area contributed by atoms with Crippen LogP contribution in [0.5, 0.6) is 0 Å². The van der Waals surface area contributed by atoms with E-state index >= 15 is 0 Å². The van der Waals surface area contributed by atoms with Crippen molar-refractivity contribution in [3.05, 3.63) is 18.3 Å². The number of nitrogen functional groups attached to an aromatic ring is 1. The van der Waals surface area contributed by atoms with Crippen LogP contribution >= 0.6 is 0 Å². The molecule has 0 unspecified atom stereocenters. The van der Waals surface area contributed by atoms with Crippen LogP contribution in [0.25, 0.3) is 5.52 Å². The van der Waals surface area contributed by atoms with Gasteiger partial charge in [0.15, 0.2) is 5.82 Å². The summed E-state index contributed by atoms with van der Waals surface area (Å²) in [5.41, 5.74) is 3.13. The molecule has 1 fully saturated rings. The number of aromatic nitrogens is 3. The van der Waals surface area contributed by atoms with E-state index < -0.39 is 5.92 Å². The summed E-state index contributed by atoms with van der Waals surface area (Å²) >= 11 is 0. The van der Waals surface area contributed by atoms with E-state index in [1.54, 1.807) is 22.8 Å². The van der Waals surface area contributed by atoms with Crippen molar-refractivity contribution in [2.75, 3.05) is 23.4 Å². The Hall–Kier alpha value is -1.96. The number of hydrogen-bond acceptors (Lipinski definition) is 5. The first-order valence-electron chi connectivity index (χ1n) is 6.04. The summed E-state index contributed by atoms with van der Waals surface area (Å²) in [4.78, 5) is 5.51. The van der Waals surface area contributed by atoms with Crippen LogP contribution < -0.4 is 16.2 Å². The predicted octanol–water partition coefficient (Wildman–Crippen LogP) is 1.50. The number of alkyl halides is 2. The molecule has 0 spiro atoms. The van der Waals surface area contributed by atoms with Crippen LogP contribution in [0.3, 0.4) is 0 Å². The van der Waals surface area contributed by atoms with Crippen LogP contribution in [0, 0.1) is 0 Å². The largest absolute Gasteiger partial charge is 0.327 e. The summed E-state index contributed by atoms with van der Waals surface area (Å²) < 4.78 is 27.1. The van der Waals surface area contributed by atoms with E-state index in [2.05, 4.69) is 15.5 Å². The normalized spacial score (nSPS) is 16.6. The van der Waals surface area contributed by atoms with Gasteiger partial charge in [0.2, 0.25) is 5.95 Å². The van der Waals surface area contributed by atoms with Gasteiger partial charge in [0, 0.05) is 6.20 Å². The predicted molar refractivity (Wildman–Crippen MR) is 69.3 cm³/mol. The zero-order valence-corrected chi connectivity index (χ0v) is 10.8. The Morgan fingerprint density at radius 1 is 1.37 bits per heavy atom. The first kappa shape index (κ1) is 13.5. The molecule has 2 aromatic heterocycles. The lowest BCUT2D eigenvalue weighted by molar-refractivity contribution is -0.0272. The molecule has 0 saturated carbocycles. The van der Waals surface area contributed by atoms with Gasteiger partial charge in [0.25, 0.3) is 5.92 Å². The van der Waals surface area contributed by atoms with Crippen molar-refractivity contribution in [2.45, 2.75) is 19.8 Å². The molecular formula is C11H16F2N6. The van der Waals surface area contributed by atoms with Gasteiger partial charge < -0.3 is 10.3 Å². The van der Waals surface area contributed by atoms with E-state index in [0.717, 1.165) is 0 Å². The summed E-state index contributed by atoms with van der Waals surface area (Å²) in [5, 5.41) is 4.13. The number of fused-ring (bicyclic) bond motifs is 1. The average Bonchev–Trinajstić information content (AvgIpc) is 2.85. The van der Waals surface area contributed by atoms with Gasteiger partial charge in [-0.15, -0.1) is 5.10 Å². The Morgan fingerprint density at radius 3 is 2.63 bits per heavy atom. The molecule has 104 valence electrons. The topological polar surface area (TPSA) is 71.5 Å². The summed E-state index contributed by atoms with van der Waals surface area (Å²) in [5.74, 6) is 3.34. The minimum Gasteiger partial charge on any atom is -0.327 e. The average molecular weight is 270 g/mol. The molecule has 6 nitrogen and oxygen atoms in total. The monoisotopic (exact) mass is 270 g/mol. The van der Waals surface area contributed by atoms with Crippen molar-refractivity contribution in [2.24, 2.45) is 5.84 Å². The number of rotatable bonds is 2. The minimum absolute atomic E-state index is 0.243.